The van der Waals surface area contributed by atoms with Crippen molar-refractivity contribution in [2.45, 2.75) is 32.1 Å². The number of aromatic nitrogens is 2. The highest BCUT2D eigenvalue weighted by Crippen LogP contribution is 2.40. The minimum Gasteiger partial charge on any atom is -0.384 e. The fourth-order valence-electron chi connectivity index (χ4n) is 4.41. The van der Waals surface area contributed by atoms with Gasteiger partial charge in [0.2, 0.25) is 5.91 Å². The molecule has 7 nitrogen and oxygen atoms in total. The molecule has 7 heteroatoms. The highest BCUT2D eigenvalue weighted by molar-refractivity contribution is 5.94. The number of nitrogens with two attached hydrogens (primary N) is 1. The quantitative estimate of drug-likeness (QED) is 0.859. The van der Waals surface area contributed by atoms with Gasteiger partial charge in [0.05, 0.1) is 5.56 Å². The second-order valence-corrected chi connectivity index (χ2v) is 8.15. The van der Waals surface area contributed by atoms with Crippen LogP contribution in [0.1, 0.15) is 41.7 Å². The molecule has 2 aromatic heterocycles. The molecule has 0 atom stereocenters. The lowest BCUT2D eigenvalue weighted by Gasteiger charge is -2.47. The average Bonchev–Trinajstić information content (AvgIpc) is 2.76. The van der Waals surface area contributed by atoms with Crippen molar-refractivity contribution in [1.29, 1.82) is 0 Å². The molecule has 152 valence electrons. The summed E-state index contributed by atoms with van der Waals surface area (Å²) in [4.78, 5) is 37.5. The Balaban J connectivity index is 1.35. The van der Waals surface area contributed by atoms with Gasteiger partial charge in [-0.15, -0.1) is 0 Å². The first kappa shape index (κ1) is 19.4. The minimum atomic E-state index is 0.00578. The van der Waals surface area contributed by atoms with Crippen molar-refractivity contribution >= 4 is 17.6 Å². The molecule has 2 aliphatic rings. The summed E-state index contributed by atoms with van der Waals surface area (Å²) in [6.07, 6.45) is 7.47. The average molecular weight is 393 g/mol. The number of carbonyl (C=O) groups is 2. The monoisotopic (exact) mass is 393 g/mol. The van der Waals surface area contributed by atoms with Crippen LogP contribution in [0.2, 0.25) is 0 Å². The van der Waals surface area contributed by atoms with E-state index in [0.717, 1.165) is 37.9 Å². The number of likely N-dealkylation sites (tertiary alicyclic amines) is 2. The van der Waals surface area contributed by atoms with E-state index in [0.29, 0.717) is 37.4 Å². The molecule has 1 spiro atoms. The highest BCUT2D eigenvalue weighted by atomic mass is 16.2. The molecular formula is C22H27N5O2. The predicted octanol–water partition coefficient (Wildman–Crippen LogP) is 2.15. The fourth-order valence-corrected chi connectivity index (χ4v) is 4.41. The van der Waals surface area contributed by atoms with E-state index in [1.807, 2.05) is 28.0 Å². The van der Waals surface area contributed by atoms with Gasteiger partial charge in [0, 0.05) is 57.1 Å². The molecule has 0 aliphatic carbocycles. The lowest BCUT2D eigenvalue weighted by atomic mass is 9.72. The number of nitrogens with zero attached hydrogens (tertiary/aromatic N) is 4. The Morgan fingerprint density at radius 1 is 1.10 bits per heavy atom. The second-order valence-electron chi connectivity index (χ2n) is 8.15. The van der Waals surface area contributed by atoms with Crippen LogP contribution in [-0.2, 0) is 11.2 Å². The van der Waals surface area contributed by atoms with E-state index in [1.165, 1.54) is 0 Å². The van der Waals surface area contributed by atoms with E-state index in [4.69, 9.17) is 5.73 Å². The van der Waals surface area contributed by atoms with Crippen LogP contribution in [0.4, 0.5) is 5.82 Å². The predicted molar refractivity (Wildman–Crippen MR) is 110 cm³/mol. The molecule has 0 unspecified atom stereocenters. The van der Waals surface area contributed by atoms with Gasteiger partial charge in [0.15, 0.2) is 0 Å². The number of carbonyl (C=O) groups excluding carboxylic acids is 2. The Labute approximate surface area is 170 Å². The molecule has 4 heterocycles. The van der Waals surface area contributed by atoms with Crippen LogP contribution in [0.25, 0.3) is 0 Å². The van der Waals surface area contributed by atoms with Crippen molar-refractivity contribution in [3.8, 4) is 0 Å². The van der Waals surface area contributed by atoms with E-state index < -0.39 is 0 Å². The van der Waals surface area contributed by atoms with Crippen molar-refractivity contribution in [3.05, 3.63) is 54.0 Å². The molecule has 2 aliphatic heterocycles. The van der Waals surface area contributed by atoms with Gasteiger partial charge in [-0.2, -0.15) is 0 Å². The SMILES string of the molecule is Nc1ccc(C(=O)N2CCC3(CCC(=O)N(CCc4ccccn4)C3)CC2)cn1. The number of pyridine rings is 2. The number of anilines is 1. The van der Waals surface area contributed by atoms with Gasteiger partial charge in [-0.3, -0.25) is 14.6 Å². The molecule has 0 radical (unpaired) electrons. The Bertz CT molecular complexity index is 861. The lowest BCUT2D eigenvalue weighted by Crippen LogP contribution is -2.52. The standard InChI is InChI=1S/C22H27N5O2/c23-19-5-4-17(15-25-19)21(29)26-13-9-22(10-14-26)8-6-20(28)27(16-22)12-7-18-3-1-2-11-24-18/h1-5,11,15H,6-10,12-14,16H2,(H2,23,25). The smallest absolute Gasteiger partial charge is 0.255 e. The summed E-state index contributed by atoms with van der Waals surface area (Å²) in [6.45, 7) is 2.92. The van der Waals surface area contributed by atoms with E-state index in [-0.39, 0.29) is 17.2 Å². The molecule has 29 heavy (non-hydrogen) atoms. The summed E-state index contributed by atoms with van der Waals surface area (Å²) in [6, 6.07) is 9.27. The molecule has 4 rings (SSSR count). The molecule has 0 bridgehead atoms. The third kappa shape index (κ3) is 4.39. The van der Waals surface area contributed by atoms with Crippen molar-refractivity contribution in [2.75, 3.05) is 31.9 Å². The first-order valence-electron chi connectivity index (χ1n) is 10.2. The Morgan fingerprint density at radius 3 is 2.62 bits per heavy atom. The van der Waals surface area contributed by atoms with Crippen LogP contribution in [0, 0.1) is 5.41 Å². The van der Waals surface area contributed by atoms with Gasteiger partial charge < -0.3 is 15.5 Å². The van der Waals surface area contributed by atoms with E-state index in [2.05, 4.69) is 9.97 Å². The summed E-state index contributed by atoms with van der Waals surface area (Å²) < 4.78 is 0. The zero-order valence-electron chi connectivity index (χ0n) is 16.6. The van der Waals surface area contributed by atoms with E-state index >= 15 is 0 Å². The fraction of sp³-hybridized carbons (Fsp3) is 0.455. The lowest BCUT2D eigenvalue weighted by molar-refractivity contribution is -0.138. The van der Waals surface area contributed by atoms with E-state index in [1.54, 1.807) is 24.5 Å². The van der Waals surface area contributed by atoms with Gasteiger partial charge in [0.25, 0.3) is 5.91 Å². The third-order valence-corrected chi connectivity index (χ3v) is 6.26. The Morgan fingerprint density at radius 2 is 1.93 bits per heavy atom. The van der Waals surface area contributed by atoms with E-state index in [9.17, 15) is 9.59 Å². The molecule has 2 N–H and O–H groups in total. The second kappa shape index (κ2) is 8.19. The molecule has 2 aromatic rings. The molecule has 2 saturated heterocycles. The van der Waals surface area contributed by atoms with Crippen LogP contribution in [0.5, 0.6) is 0 Å². The van der Waals surface area contributed by atoms with Crippen molar-refractivity contribution in [3.63, 3.8) is 0 Å². The van der Waals surface area contributed by atoms with Crippen molar-refractivity contribution < 1.29 is 9.59 Å². The summed E-state index contributed by atoms with van der Waals surface area (Å²) in [5.41, 5.74) is 7.32. The topological polar surface area (TPSA) is 92.4 Å². The number of hydrogen-bond acceptors (Lipinski definition) is 5. The van der Waals surface area contributed by atoms with Crippen molar-refractivity contribution in [1.82, 2.24) is 19.8 Å². The number of hydrogen-bond donors (Lipinski definition) is 1. The molecule has 0 saturated carbocycles. The minimum absolute atomic E-state index is 0.00578. The molecule has 0 aromatic carbocycles. The van der Waals surface area contributed by atoms with Crippen molar-refractivity contribution in [2.24, 2.45) is 5.41 Å². The zero-order chi connectivity index (χ0) is 20.3. The maximum absolute atomic E-state index is 12.7. The molecule has 2 fully saturated rings. The number of piperidine rings is 2. The summed E-state index contributed by atoms with van der Waals surface area (Å²) in [5, 5.41) is 0. The Kier molecular flexibility index (Phi) is 5.47. The van der Waals surface area contributed by atoms with Gasteiger partial charge in [-0.1, -0.05) is 6.07 Å². The molecule has 2 amide bonds. The normalized spacial score (nSPS) is 18.8. The largest absolute Gasteiger partial charge is 0.384 e. The van der Waals surface area contributed by atoms with Gasteiger partial charge in [-0.05, 0) is 48.9 Å². The van der Waals surface area contributed by atoms with Crippen LogP contribution in [0.3, 0.4) is 0 Å². The maximum Gasteiger partial charge on any atom is 0.255 e. The summed E-state index contributed by atoms with van der Waals surface area (Å²) in [5.74, 6) is 0.654. The first-order chi connectivity index (χ1) is 14.0. The maximum atomic E-state index is 12.7. The van der Waals surface area contributed by atoms with Crippen LogP contribution in [-0.4, -0.2) is 57.8 Å². The zero-order valence-corrected chi connectivity index (χ0v) is 16.6. The highest BCUT2D eigenvalue weighted by Gasteiger charge is 2.41. The first-order valence-corrected chi connectivity index (χ1v) is 10.2. The van der Waals surface area contributed by atoms with Crippen LogP contribution in [0.15, 0.2) is 42.7 Å². The summed E-state index contributed by atoms with van der Waals surface area (Å²) >= 11 is 0. The van der Waals surface area contributed by atoms with Gasteiger partial charge in [0.1, 0.15) is 5.82 Å². The van der Waals surface area contributed by atoms with Gasteiger partial charge >= 0.3 is 0 Å². The third-order valence-electron chi connectivity index (χ3n) is 6.26. The number of nitrogen functional groups attached to an aromatic ring is 1. The summed E-state index contributed by atoms with van der Waals surface area (Å²) in [7, 11) is 0. The number of amides is 2. The van der Waals surface area contributed by atoms with Gasteiger partial charge in [-0.25, -0.2) is 4.98 Å². The Hall–Kier alpha value is -2.96. The van der Waals surface area contributed by atoms with Crippen LogP contribution >= 0.6 is 0 Å². The van der Waals surface area contributed by atoms with Crippen LogP contribution < -0.4 is 5.73 Å². The molecular weight excluding hydrogens is 366 g/mol. The number of rotatable bonds is 4.